The number of aliphatic carboxylic acids is 5. The molecule has 5 heterocycles. The average Bonchev–Trinajstić information content (AvgIpc) is 1.59. The van der Waals surface area contributed by atoms with E-state index in [1.165, 1.54) is 110 Å². The van der Waals surface area contributed by atoms with Crippen molar-refractivity contribution in [2.24, 2.45) is 0 Å². The van der Waals surface area contributed by atoms with Crippen molar-refractivity contribution in [3.05, 3.63) is 265 Å². The molecular formula is C109H111Br3Cl2N10O15S5. The van der Waals surface area contributed by atoms with Gasteiger partial charge in [0.15, 0.2) is 25.8 Å². The van der Waals surface area contributed by atoms with E-state index in [1.807, 2.05) is 161 Å². The first kappa shape index (κ1) is 112. The van der Waals surface area contributed by atoms with Crippen LogP contribution >= 0.6 is 130 Å². The molecule has 1 saturated carbocycles. The van der Waals surface area contributed by atoms with Crippen LogP contribution in [-0.4, -0.2) is 156 Å². The lowest BCUT2D eigenvalue weighted by Gasteiger charge is -2.23. The zero-order chi connectivity index (χ0) is 105. The number of aryl methyl sites for hydroxylation is 2. The summed E-state index contributed by atoms with van der Waals surface area (Å²) in [4.78, 5) is 139. The van der Waals surface area contributed by atoms with Crippen molar-refractivity contribution < 1.29 is 73.5 Å². The SMILES string of the molecule is CC(C)(Sc1ncc(Cl)n1-c1ccc(C2CC2)c2ccccc12)C(=O)CCC(=O)O.CC(C)(Sc1ncc(Cl)n1-c1cccc2ccccc12)C(=O)CCC(=O)O.CC(C)c1ccc(-n2c(Br)cnc2SC(C)(C)C(=O)CCC(=O)O)c2ccccc12.CCc1ccc(-n2c(Br)cnc2SC(C)(C)C(=O)CCC(=O)O)c2ccccc12.Cc1ccc(-n2c(Br)cnc2SC(C)(C)C(=O)CCC(=O)O)c2ccccc12. The molecule has 0 unspecified atom stereocenters. The summed E-state index contributed by atoms with van der Waals surface area (Å²) in [6, 6.07) is 63.7. The van der Waals surface area contributed by atoms with E-state index < -0.39 is 53.6 Å². The van der Waals surface area contributed by atoms with Crippen LogP contribution in [0.15, 0.2) is 259 Å². The number of imidazole rings is 5. The maximum atomic E-state index is 12.6. The van der Waals surface area contributed by atoms with Crippen molar-refractivity contribution >= 4 is 242 Å². The minimum Gasteiger partial charge on any atom is -0.481 e. The van der Waals surface area contributed by atoms with Crippen LogP contribution in [0.2, 0.25) is 10.3 Å². The number of fused-ring (bicyclic) bond motifs is 5. The molecule has 1 aliphatic rings. The molecule has 0 aliphatic heterocycles. The number of hydrogen-bond donors (Lipinski definition) is 5. The molecule has 752 valence electrons. The van der Waals surface area contributed by atoms with Gasteiger partial charge in [0.1, 0.15) is 53.0 Å². The molecule has 16 rings (SSSR count). The van der Waals surface area contributed by atoms with Gasteiger partial charge >= 0.3 is 29.8 Å². The molecule has 35 heteroatoms. The Hall–Kier alpha value is -11.0. The minimum atomic E-state index is -0.982. The number of carboxylic acids is 5. The predicted molar refractivity (Wildman–Crippen MR) is 588 cm³/mol. The fourth-order valence-corrected chi connectivity index (χ4v) is 23.8. The summed E-state index contributed by atoms with van der Waals surface area (Å²) in [5.41, 5.74) is 9.86. The van der Waals surface area contributed by atoms with E-state index in [-0.39, 0.29) is 93.1 Å². The van der Waals surface area contributed by atoms with Gasteiger partial charge in [-0.3, -0.25) is 70.8 Å². The number of carbonyl (C=O) groups is 10. The first-order valence-corrected chi connectivity index (χ1v) is 53.7. The number of thioether (sulfide) groups is 5. The molecule has 0 amide bonds. The van der Waals surface area contributed by atoms with E-state index in [4.69, 9.17) is 48.7 Å². The standard InChI is InChI=1S/C23H25BrN2O3S.C23H23ClN2O3S.C22H23BrN2O3S.C21H21BrN2O3S.C20H19ClN2O3S/c1-14(2)15-9-10-18(17-8-6-5-7-16(15)17)26-20(24)13-25-22(26)30-23(3,4)19(27)11-12-21(28)29;1-23(2,19(27)11-12-21(28)29)30-22-25-13-20(24)26(22)18-10-9-15(14-7-8-14)16-5-3-4-6-17(16)18;1-4-14-9-10-17(16-8-6-5-7-15(14)16)25-19(23)13-24-21(25)29-22(2,3)18(26)11-12-20(27)28;1-13-8-9-16(15-7-5-4-6-14(13)15)24-18(22)12-23-20(24)28-21(2,3)17(25)10-11-19(26)27;1-20(2,16(24)10-11-18(25)26)27-19-22-12-17(21)23(19)15-9-5-7-13-6-3-4-8-14(13)15/h5-10,13-14H,11-12H2,1-4H3,(H,28,29);3-6,9-10,13-14H,7-8,11-12H2,1-2H3,(H,28,29);5-10,13H,4,11-12H2,1-3H3,(H,27,28);4-9,12H,10-11H2,1-3H3,(H,26,27);3-9,12H,10-11H2,1-2H3,(H,25,26). The molecule has 0 saturated heterocycles. The normalized spacial score (nSPS) is 12.3. The third-order valence-electron chi connectivity index (χ3n) is 24.3. The van der Waals surface area contributed by atoms with Crippen LogP contribution in [0.4, 0.5) is 0 Å². The minimum absolute atomic E-state index is 0.00320. The maximum Gasteiger partial charge on any atom is 0.303 e. The van der Waals surface area contributed by atoms with E-state index in [1.54, 1.807) is 58.7 Å². The Morgan fingerprint density at radius 1 is 0.333 bits per heavy atom. The fraction of sp³-hybridized carbons (Fsp3) is 0.312. The van der Waals surface area contributed by atoms with E-state index in [0.717, 1.165) is 86.4 Å². The summed E-state index contributed by atoms with van der Waals surface area (Å²) in [7, 11) is 0. The smallest absolute Gasteiger partial charge is 0.303 e. The Labute approximate surface area is 891 Å². The molecule has 144 heavy (non-hydrogen) atoms. The molecule has 0 atom stereocenters. The first-order valence-electron chi connectivity index (χ1n) is 46.5. The van der Waals surface area contributed by atoms with Gasteiger partial charge in [0.25, 0.3) is 0 Å². The number of ketones is 5. The lowest BCUT2D eigenvalue weighted by Crippen LogP contribution is -2.28. The number of rotatable bonds is 38. The highest BCUT2D eigenvalue weighted by Crippen LogP contribution is 2.48. The summed E-state index contributed by atoms with van der Waals surface area (Å²) >= 11 is 30.3. The number of hydrogen-bond acceptors (Lipinski definition) is 20. The Kier molecular flexibility index (Phi) is 37.7. The first-order chi connectivity index (χ1) is 68.1. The number of halogens is 5. The highest BCUT2D eigenvalue weighted by molar-refractivity contribution is 9.11. The van der Waals surface area contributed by atoms with Gasteiger partial charge in [-0.2, -0.15) is 0 Å². The second-order valence-electron chi connectivity index (χ2n) is 37.1. The van der Waals surface area contributed by atoms with E-state index in [0.29, 0.717) is 47.9 Å². The van der Waals surface area contributed by atoms with Gasteiger partial charge in [-0.05, 0) is 235 Å². The van der Waals surface area contributed by atoms with Gasteiger partial charge in [0, 0.05) is 59.0 Å². The molecule has 5 N–H and O–H groups in total. The van der Waals surface area contributed by atoms with Crippen molar-refractivity contribution in [2.45, 2.75) is 242 Å². The fourth-order valence-electron chi connectivity index (χ4n) is 16.2. The molecule has 15 aromatic rings. The Morgan fingerprint density at radius 3 is 0.979 bits per heavy atom. The number of nitrogens with zero attached hydrogens (tertiary/aromatic N) is 10. The zero-order valence-corrected chi connectivity index (χ0v) is 92.2. The van der Waals surface area contributed by atoms with Crippen molar-refractivity contribution in [3.8, 4) is 28.4 Å². The molecule has 0 bridgehead atoms. The maximum absolute atomic E-state index is 12.6. The third kappa shape index (κ3) is 27.5. The van der Waals surface area contributed by atoms with Crippen LogP contribution < -0.4 is 0 Å². The monoisotopic (exact) mass is 2270 g/mol. The summed E-state index contributed by atoms with van der Waals surface area (Å²) < 4.78 is 8.01. The lowest BCUT2D eigenvalue weighted by atomic mass is 9.95. The van der Waals surface area contributed by atoms with E-state index in [9.17, 15) is 47.9 Å². The van der Waals surface area contributed by atoms with Gasteiger partial charge < -0.3 is 25.5 Å². The van der Waals surface area contributed by atoms with Crippen LogP contribution in [0.1, 0.15) is 201 Å². The predicted octanol–water partition coefficient (Wildman–Crippen LogP) is 28.1. The van der Waals surface area contributed by atoms with Crippen LogP contribution in [-0.2, 0) is 54.4 Å². The Morgan fingerprint density at radius 2 is 0.611 bits per heavy atom. The topological polar surface area (TPSA) is 361 Å². The zero-order valence-electron chi connectivity index (χ0n) is 81.9. The second kappa shape index (κ2) is 48.6. The second-order valence-corrected chi connectivity index (χ2v) is 48.3. The molecular weight excluding hydrogens is 2160 g/mol. The molecule has 0 spiro atoms. The van der Waals surface area contributed by atoms with E-state index >= 15 is 0 Å². The van der Waals surface area contributed by atoms with Crippen LogP contribution in [0, 0.1) is 6.92 Å². The van der Waals surface area contributed by atoms with Gasteiger partial charge in [-0.1, -0.05) is 261 Å². The molecule has 5 aromatic heterocycles. The summed E-state index contributed by atoms with van der Waals surface area (Å²) in [6.07, 6.45) is 10.9. The van der Waals surface area contributed by atoms with Crippen LogP contribution in [0.3, 0.4) is 0 Å². The van der Waals surface area contributed by atoms with Gasteiger partial charge in [-0.25, -0.2) is 24.9 Å². The van der Waals surface area contributed by atoms with Crippen molar-refractivity contribution in [2.75, 3.05) is 0 Å². The summed E-state index contributed by atoms with van der Waals surface area (Å²) in [5, 5.41) is 59.8. The van der Waals surface area contributed by atoms with Gasteiger partial charge in [0.05, 0.1) is 115 Å². The molecule has 0 radical (unpaired) electrons. The van der Waals surface area contributed by atoms with Gasteiger partial charge in [-0.15, -0.1) is 0 Å². The number of benzene rings is 10. The number of aromatic nitrogens is 10. The quantitative estimate of drug-likeness (QED) is 0.0224. The third-order valence-corrected chi connectivity index (χ3v) is 32.6. The summed E-state index contributed by atoms with van der Waals surface area (Å²) in [6.45, 7) is 26.6. The highest BCUT2D eigenvalue weighted by Gasteiger charge is 2.38. The van der Waals surface area contributed by atoms with Crippen molar-refractivity contribution in [1.82, 2.24) is 47.8 Å². The number of Topliss-reactive ketones (excluding diaryl/α,β-unsaturated/α-hetero) is 5. The molecule has 1 fully saturated rings. The van der Waals surface area contributed by atoms with E-state index in [2.05, 4.69) is 191 Å². The average molecular weight is 2270 g/mol. The Bertz CT molecular complexity index is 7210. The number of carboxylic acid groups (broad SMARTS) is 5. The number of carbonyl (C=O) groups excluding carboxylic acids is 5. The highest BCUT2D eigenvalue weighted by atomic mass is 79.9. The van der Waals surface area contributed by atoms with Gasteiger partial charge in [0.2, 0.25) is 0 Å². The summed E-state index contributed by atoms with van der Waals surface area (Å²) in [5.74, 6) is -4.44. The van der Waals surface area contributed by atoms with Crippen LogP contribution in [0.25, 0.3) is 82.3 Å². The van der Waals surface area contributed by atoms with Crippen molar-refractivity contribution in [1.29, 1.82) is 0 Å². The Balaban J connectivity index is 0.000000161. The molecule has 1 aliphatic carbocycles. The van der Waals surface area contributed by atoms with Crippen molar-refractivity contribution in [3.63, 3.8) is 0 Å². The molecule has 10 aromatic carbocycles. The largest absolute Gasteiger partial charge is 0.481 e. The lowest BCUT2D eigenvalue weighted by molar-refractivity contribution is -0.139. The van der Waals surface area contributed by atoms with Crippen LogP contribution in [0.5, 0.6) is 0 Å². The molecule has 25 nitrogen and oxygen atoms in total.